The highest BCUT2D eigenvalue weighted by atomic mass is 16.5. The van der Waals surface area contributed by atoms with Crippen LogP contribution in [0.4, 0.5) is 0 Å². The maximum atomic E-state index is 5.46. The van der Waals surface area contributed by atoms with Crippen LogP contribution in [0.5, 0.6) is 0 Å². The van der Waals surface area contributed by atoms with Crippen molar-refractivity contribution in [3.05, 3.63) is 65.0 Å². The summed E-state index contributed by atoms with van der Waals surface area (Å²) < 4.78 is 5.46. The number of guanidine groups is 1. The third-order valence-electron chi connectivity index (χ3n) is 4.67. The molecular formula is C22H28N4O. The minimum atomic E-state index is 0.627. The molecule has 1 aromatic heterocycles. The molecule has 2 N–H and O–H groups in total. The molecule has 0 aliphatic rings. The van der Waals surface area contributed by atoms with E-state index in [1.807, 2.05) is 0 Å². The molecule has 3 aromatic rings. The van der Waals surface area contributed by atoms with Gasteiger partial charge >= 0.3 is 0 Å². The predicted octanol–water partition coefficient (Wildman–Crippen LogP) is 4.21. The lowest BCUT2D eigenvalue weighted by Crippen LogP contribution is -2.37. The van der Waals surface area contributed by atoms with E-state index in [2.05, 4.69) is 79.0 Å². The first kappa shape index (κ1) is 19.0. The maximum Gasteiger partial charge on any atom is 0.191 e. The third-order valence-corrected chi connectivity index (χ3v) is 4.67. The van der Waals surface area contributed by atoms with Crippen LogP contribution < -0.4 is 10.6 Å². The van der Waals surface area contributed by atoms with Crippen LogP contribution >= 0.6 is 0 Å². The Hall–Kier alpha value is -2.82. The fourth-order valence-electron chi connectivity index (χ4n) is 3.25. The lowest BCUT2D eigenvalue weighted by molar-refractivity contribution is 0.380. The highest BCUT2D eigenvalue weighted by Crippen LogP contribution is 2.19. The van der Waals surface area contributed by atoms with Crippen LogP contribution in [0.2, 0.25) is 0 Å². The van der Waals surface area contributed by atoms with E-state index in [0.717, 1.165) is 42.4 Å². The Bertz CT molecular complexity index is 887. The second kappa shape index (κ2) is 9.21. The fourth-order valence-corrected chi connectivity index (χ4v) is 3.25. The molecule has 0 saturated heterocycles. The monoisotopic (exact) mass is 364 g/mol. The Morgan fingerprint density at radius 3 is 2.59 bits per heavy atom. The van der Waals surface area contributed by atoms with Crippen molar-refractivity contribution in [1.82, 2.24) is 15.8 Å². The van der Waals surface area contributed by atoms with Crippen molar-refractivity contribution in [3.8, 4) is 0 Å². The van der Waals surface area contributed by atoms with Gasteiger partial charge in [-0.15, -0.1) is 0 Å². The van der Waals surface area contributed by atoms with Crippen molar-refractivity contribution >= 4 is 16.7 Å². The molecular weight excluding hydrogens is 336 g/mol. The number of hydrogen-bond donors (Lipinski definition) is 2. The molecule has 0 spiro atoms. The summed E-state index contributed by atoms with van der Waals surface area (Å²) in [5.74, 6) is 1.75. The number of nitrogens with zero attached hydrogens (tertiary/aromatic N) is 2. The van der Waals surface area contributed by atoms with E-state index in [0.29, 0.717) is 13.1 Å². The van der Waals surface area contributed by atoms with Gasteiger partial charge in [0.05, 0.1) is 12.2 Å². The van der Waals surface area contributed by atoms with Gasteiger partial charge in [-0.25, -0.2) is 4.99 Å². The molecule has 0 amide bonds. The fraction of sp³-hybridized carbons (Fsp3) is 0.364. The first-order valence-corrected chi connectivity index (χ1v) is 9.71. The van der Waals surface area contributed by atoms with Gasteiger partial charge in [-0.3, -0.25) is 0 Å². The Kier molecular flexibility index (Phi) is 6.47. The predicted molar refractivity (Wildman–Crippen MR) is 111 cm³/mol. The van der Waals surface area contributed by atoms with E-state index >= 15 is 0 Å². The standard InChI is InChI=1S/C22H28N4O/c1-4-20-19(21(5-2)27-26-20)15-25-22(23-6-3)24-14-17-12-9-11-16-10-7-8-13-18(16)17/h7-13H,4-6,14-15H2,1-3H3,(H2,23,24,25). The number of fused-ring (bicyclic) bond motifs is 1. The van der Waals surface area contributed by atoms with E-state index in [-0.39, 0.29) is 0 Å². The van der Waals surface area contributed by atoms with Crippen molar-refractivity contribution in [1.29, 1.82) is 0 Å². The molecule has 0 fully saturated rings. The second-order valence-electron chi connectivity index (χ2n) is 6.43. The Balaban J connectivity index is 1.76. The highest BCUT2D eigenvalue weighted by Gasteiger charge is 2.13. The smallest absolute Gasteiger partial charge is 0.191 e. The van der Waals surface area contributed by atoms with Crippen LogP contribution in [-0.4, -0.2) is 17.7 Å². The summed E-state index contributed by atoms with van der Waals surface area (Å²) in [6, 6.07) is 14.8. The Morgan fingerprint density at radius 1 is 1.00 bits per heavy atom. The largest absolute Gasteiger partial charge is 0.361 e. The number of aryl methyl sites for hydroxylation is 2. The van der Waals surface area contributed by atoms with E-state index in [4.69, 9.17) is 9.52 Å². The molecule has 27 heavy (non-hydrogen) atoms. The topological polar surface area (TPSA) is 62.5 Å². The minimum Gasteiger partial charge on any atom is -0.361 e. The maximum absolute atomic E-state index is 5.46. The first-order valence-electron chi connectivity index (χ1n) is 9.71. The SMILES string of the molecule is CCNC(=NCc1cccc2ccccc12)NCc1c(CC)noc1CC. The van der Waals surface area contributed by atoms with Gasteiger partial charge in [-0.2, -0.15) is 0 Å². The molecule has 0 aliphatic carbocycles. The molecule has 2 aromatic carbocycles. The molecule has 0 unspecified atom stereocenters. The van der Waals surface area contributed by atoms with Crippen molar-refractivity contribution in [3.63, 3.8) is 0 Å². The van der Waals surface area contributed by atoms with Crippen molar-refractivity contribution < 1.29 is 4.52 Å². The third kappa shape index (κ3) is 4.48. The normalized spacial score (nSPS) is 11.7. The zero-order valence-electron chi connectivity index (χ0n) is 16.4. The summed E-state index contributed by atoms with van der Waals surface area (Å²) in [5.41, 5.74) is 3.39. The summed E-state index contributed by atoms with van der Waals surface area (Å²) in [4.78, 5) is 4.79. The van der Waals surface area contributed by atoms with Crippen molar-refractivity contribution in [2.75, 3.05) is 6.54 Å². The molecule has 3 rings (SSSR count). The van der Waals surface area contributed by atoms with Gasteiger partial charge in [0.2, 0.25) is 0 Å². The van der Waals surface area contributed by atoms with Gasteiger partial charge in [0.25, 0.3) is 0 Å². The van der Waals surface area contributed by atoms with Gasteiger partial charge in [0.15, 0.2) is 5.96 Å². The van der Waals surface area contributed by atoms with Crippen LogP contribution in [0, 0.1) is 0 Å². The second-order valence-corrected chi connectivity index (χ2v) is 6.43. The molecule has 0 atom stereocenters. The molecule has 0 saturated carbocycles. The summed E-state index contributed by atoms with van der Waals surface area (Å²) in [7, 11) is 0. The number of nitrogens with one attached hydrogen (secondary N) is 2. The summed E-state index contributed by atoms with van der Waals surface area (Å²) >= 11 is 0. The van der Waals surface area contributed by atoms with Gasteiger partial charge in [0.1, 0.15) is 5.76 Å². The first-order chi connectivity index (χ1) is 13.3. The van der Waals surface area contributed by atoms with Crippen LogP contribution in [0.25, 0.3) is 10.8 Å². The summed E-state index contributed by atoms with van der Waals surface area (Å²) in [5, 5.41) is 13.4. The van der Waals surface area contributed by atoms with Gasteiger partial charge in [-0.1, -0.05) is 61.5 Å². The average molecular weight is 364 g/mol. The van der Waals surface area contributed by atoms with Crippen molar-refractivity contribution in [2.24, 2.45) is 4.99 Å². The van der Waals surface area contributed by atoms with Crippen molar-refractivity contribution in [2.45, 2.75) is 46.7 Å². The zero-order valence-corrected chi connectivity index (χ0v) is 16.4. The van der Waals surface area contributed by atoms with Crippen LogP contribution in [-0.2, 0) is 25.9 Å². The molecule has 1 heterocycles. The summed E-state index contributed by atoms with van der Waals surface area (Å²) in [6.45, 7) is 8.36. The number of hydrogen-bond acceptors (Lipinski definition) is 3. The number of rotatable bonds is 7. The van der Waals surface area contributed by atoms with E-state index in [1.54, 1.807) is 0 Å². The Morgan fingerprint density at radius 2 is 1.81 bits per heavy atom. The quantitative estimate of drug-likeness (QED) is 0.487. The highest BCUT2D eigenvalue weighted by molar-refractivity contribution is 5.86. The number of benzene rings is 2. The van der Waals surface area contributed by atoms with E-state index in [1.165, 1.54) is 16.3 Å². The molecule has 0 bridgehead atoms. The lowest BCUT2D eigenvalue weighted by atomic mass is 10.1. The van der Waals surface area contributed by atoms with Gasteiger partial charge in [-0.05, 0) is 29.7 Å². The molecule has 5 heteroatoms. The summed E-state index contributed by atoms with van der Waals surface area (Å²) in [6.07, 6.45) is 1.71. The van der Waals surface area contributed by atoms with E-state index in [9.17, 15) is 0 Å². The van der Waals surface area contributed by atoms with Gasteiger partial charge < -0.3 is 15.2 Å². The molecule has 142 valence electrons. The lowest BCUT2D eigenvalue weighted by Gasteiger charge is -2.12. The van der Waals surface area contributed by atoms with Crippen LogP contribution in [0.3, 0.4) is 0 Å². The number of aliphatic imine (C=N–C) groups is 1. The molecule has 0 radical (unpaired) electrons. The molecule has 5 nitrogen and oxygen atoms in total. The molecule has 0 aliphatic heterocycles. The average Bonchev–Trinajstić information content (AvgIpc) is 3.12. The van der Waals surface area contributed by atoms with Crippen LogP contribution in [0.1, 0.15) is 43.4 Å². The number of aromatic nitrogens is 1. The minimum absolute atomic E-state index is 0.627. The van der Waals surface area contributed by atoms with Gasteiger partial charge in [0, 0.05) is 25.1 Å². The zero-order chi connectivity index (χ0) is 19.1. The van der Waals surface area contributed by atoms with E-state index < -0.39 is 0 Å². The Labute approximate surface area is 160 Å². The van der Waals surface area contributed by atoms with Crippen LogP contribution in [0.15, 0.2) is 52.0 Å².